The van der Waals surface area contributed by atoms with Crippen LogP contribution in [0.25, 0.3) is 0 Å². The number of rotatable bonds is 2. The van der Waals surface area contributed by atoms with Gasteiger partial charge < -0.3 is 5.11 Å². The number of aliphatic hydroxyl groups excluding tert-OH is 1. The largest absolute Gasteiger partial charge is 0.508 e. The molecule has 0 aromatic carbocycles. The van der Waals surface area contributed by atoms with Crippen LogP contribution in [0.1, 0.15) is 13.8 Å². The van der Waals surface area contributed by atoms with Crippen LogP contribution in [0.4, 0.5) is 0 Å². The van der Waals surface area contributed by atoms with Crippen molar-refractivity contribution in [3.05, 3.63) is 24.0 Å². The highest BCUT2D eigenvalue weighted by Gasteiger charge is 2.03. The van der Waals surface area contributed by atoms with Crippen molar-refractivity contribution in [3.63, 3.8) is 0 Å². The molecule has 9 heavy (non-hydrogen) atoms. The molecule has 0 aliphatic carbocycles. The van der Waals surface area contributed by atoms with Gasteiger partial charge in [-0.1, -0.05) is 12.7 Å². The highest BCUT2D eigenvalue weighted by atomic mass is 16.3. The number of carbonyl (C=O) groups excluding carboxylic acids is 1. The van der Waals surface area contributed by atoms with Gasteiger partial charge in [-0.15, -0.1) is 0 Å². The highest BCUT2D eigenvalue weighted by Crippen LogP contribution is 2.03. The second-order valence-electron chi connectivity index (χ2n) is 1.71. The van der Waals surface area contributed by atoms with Gasteiger partial charge in [-0.3, -0.25) is 4.79 Å². The van der Waals surface area contributed by atoms with Crippen LogP contribution in [0, 0.1) is 0 Å². The maximum absolute atomic E-state index is 10.5. The van der Waals surface area contributed by atoms with Gasteiger partial charge in [-0.2, -0.15) is 0 Å². The molecule has 0 aliphatic rings. The van der Waals surface area contributed by atoms with Crippen molar-refractivity contribution < 1.29 is 9.90 Å². The van der Waals surface area contributed by atoms with Crippen molar-refractivity contribution in [1.29, 1.82) is 0 Å². The zero-order valence-electron chi connectivity index (χ0n) is 5.64. The molecule has 0 atom stereocenters. The third-order valence-corrected chi connectivity index (χ3v) is 0.979. The minimum Gasteiger partial charge on any atom is -0.508 e. The quantitative estimate of drug-likeness (QED) is 0.346. The summed E-state index contributed by atoms with van der Waals surface area (Å²) >= 11 is 0. The predicted molar refractivity (Wildman–Crippen MR) is 36.2 cm³/mol. The lowest BCUT2D eigenvalue weighted by Gasteiger charge is -1.96. The lowest BCUT2D eigenvalue weighted by Crippen LogP contribution is -1.97. The molecule has 1 N–H and O–H groups in total. The minimum absolute atomic E-state index is 0.162. The van der Waals surface area contributed by atoms with Crippen molar-refractivity contribution in [2.45, 2.75) is 13.8 Å². The molecule has 0 aliphatic heterocycles. The van der Waals surface area contributed by atoms with Crippen LogP contribution in [0.3, 0.4) is 0 Å². The molecule has 0 heterocycles. The Morgan fingerprint density at radius 3 is 2.11 bits per heavy atom. The summed E-state index contributed by atoms with van der Waals surface area (Å²) in [6.45, 7) is 6.28. The second kappa shape index (κ2) is 3.07. The van der Waals surface area contributed by atoms with E-state index in [1.54, 1.807) is 6.92 Å². The van der Waals surface area contributed by atoms with Crippen LogP contribution in [-0.2, 0) is 4.79 Å². The zero-order valence-corrected chi connectivity index (χ0v) is 5.64. The Hall–Kier alpha value is -1.05. The van der Waals surface area contributed by atoms with Crippen molar-refractivity contribution in [2.24, 2.45) is 0 Å². The van der Waals surface area contributed by atoms with E-state index in [1.165, 1.54) is 13.0 Å². The van der Waals surface area contributed by atoms with Gasteiger partial charge in [-0.25, -0.2) is 0 Å². The molecular weight excluding hydrogens is 116 g/mol. The van der Waals surface area contributed by atoms with E-state index in [9.17, 15) is 4.79 Å². The summed E-state index contributed by atoms with van der Waals surface area (Å²) in [7, 11) is 0. The molecule has 50 valence electrons. The maximum Gasteiger partial charge on any atom is 0.163 e. The van der Waals surface area contributed by atoms with Crippen molar-refractivity contribution in [2.75, 3.05) is 0 Å². The molecule has 0 saturated carbocycles. The number of ketones is 1. The number of hydrogen-bond acceptors (Lipinski definition) is 2. The fraction of sp³-hybridized carbons (Fsp3) is 0.286. The first-order valence-electron chi connectivity index (χ1n) is 2.65. The lowest BCUT2D eigenvalue weighted by molar-refractivity contribution is -0.113. The number of hydrogen-bond donors (Lipinski definition) is 1. The Morgan fingerprint density at radius 2 is 2.11 bits per heavy atom. The van der Waals surface area contributed by atoms with Crippen LogP contribution >= 0.6 is 0 Å². The molecule has 0 aromatic heterocycles. The summed E-state index contributed by atoms with van der Waals surface area (Å²) in [4.78, 5) is 10.5. The molecule has 0 saturated heterocycles. The number of allylic oxidation sites excluding steroid dienone is 2. The average molecular weight is 126 g/mol. The molecule has 0 fully saturated rings. The lowest BCUT2D eigenvalue weighted by atomic mass is 10.1. The Morgan fingerprint density at radius 1 is 1.67 bits per heavy atom. The summed E-state index contributed by atoms with van der Waals surface area (Å²) in [5.41, 5.74) is 0.287. The second-order valence-corrected chi connectivity index (χ2v) is 1.71. The molecule has 0 amide bonds. The predicted octanol–water partition coefficient (Wildman–Crippen LogP) is 1.59. The third kappa shape index (κ3) is 2.13. The number of carbonyl (C=O) groups is 1. The van der Waals surface area contributed by atoms with E-state index in [1.807, 2.05) is 0 Å². The fourth-order valence-corrected chi connectivity index (χ4v) is 0.573. The van der Waals surface area contributed by atoms with Gasteiger partial charge in [0.2, 0.25) is 0 Å². The molecule has 2 heteroatoms. The van der Waals surface area contributed by atoms with E-state index < -0.39 is 0 Å². The first-order valence-corrected chi connectivity index (χ1v) is 2.65. The minimum atomic E-state index is -0.162. The standard InChI is InChI=1S/C7H10O2/c1-4-7(5(2)8)6(3)9/h4,8H,2H2,1,3H3/b7-4+. The van der Waals surface area contributed by atoms with Gasteiger partial charge >= 0.3 is 0 Å². The van der Waals surface area contributed by atoms with Crippen molar-refractivity contribution in [1.82, 2.24) is 0 Å². The van der Waals surface area contributed by atoms with Crippen molar-refractivity contribution >= 4 is 5.78 Å². The van der Waals surface area contributed by atoms with Crippen LogP contribution in [0.2, 0.25) is 0 Å². The third-order valence-electron chi connectivity index (χ3n) is 0.979. The van der Waals surface area contributed by atoms with E-state index in [0.717, 1.165) is 0 Å². The molecule has 0 unspecified atom stereocenters. The molecule has 0 rings (SSSR count). The summed E-state index contributed by atoms with van der Waals surface area (Å²) in [5, 5.41) is 8.70. The van der Waals surface area contributed by atoms with E-state index in [-0.39, 0.29) is 17.1 Å². The van der Waals surface area contributed by atoms with Crippen LogP contribution in [0.15, 0.2) is 24.0 Å². The van der Waals surface area contributed by atoms with Gasteiger partial charge in [0.1, 0.15) is 5.76 Å². The Labute approximate surface area is 54.5 Å². The van der Waals surface area contributed by atoms with Crippen LogP contribution < -0.4 is 0 Å². The fourth-order valence-electron chi connectivity index (χ4n) is 0.573. The van der Waals surface area contributed by atoms with Gasteiger partial charge in [0.15, 0.2) is 5.78 Å². The molecule has 0 bridgehead atoms. The van der Waals surface area contributed by atoms with Gasteiger partial charge in [0.25, 0.3) is 0 Å². The highest BCUT2D eigenvalue weighted by molar-refractivity contribution is 5.96. The summed E-state index contributed by atoms with van der Waals surface area (Å²) in [5.74, 6) is -0.324. The van der Waals surface area contributed by atoms with E-state index in [4.69, 9.17) is 5.11 Å². The first kappa shape index (κ1) is 7.95. The summed E-state index contributed by atoms with van der Waals surface area (Å²) < 4.78 is 0. The van der Waals surface area contributed by atoms with Crippen LogP contribution in [-0.4, -0.2) is 10.9 Å². The number of Topliss-reactive ketones (excluding diaryl/α,β-unsaturated/α-hetero) is 1. The van der Waals surface area contributed by atoms with E-state index in [2.05, 4.69) is 6.58 Å². The zero-order chi connectivity index (χ0) is 7.44. The Balaban J connectivity index is 4.38. The van der Waals surface area contributed by atoms with Crippen LogP contribution in [0.5, 0.6) is 0 Å². The summed E-state index contributed by atoms with van der Waals surface area (Å²) in [6, 6.07) is 0. The van der Waals surface area contributed by atoms with Gasteiger partial charge in [0.05, 0.1) is 5.57 Å². The molecule has 2 nitrogen and oxygen atoms in total. The molecular formula is C7H10O2. The Kier molecular flexibility index (Phi) is 2.71. The average Bonchev–Trinajstić information content (AvgIpc) is 1.64. The van der Waals surface area contributed by atoms with Crippen molar-refractivity contribution in [3.8, 4) is 0 Å². The van der Waals surface area contributed by atoms with E-state index >= 15 is 0 Å². The SMILES string of the molecule is C=C(O)/C(=C\C)C(C)=O. The Bertz CT molecular complexity index is 150. The summed E-state index contributed by atoms with van der Waals surface area (Å²) in [6.07, 6.45) is 1.53. The monoisotopic (exact) mass is 126 g/mol. The first-order chi connectivity index (χ1) is 4.09. The smallest absolute Gasteiger partial charge is 0.163 e. The molecule has 0 radical (unpaired) electrons. The molecule has 0 spiro atoms. The normalized spacial score (nSPS) is 11.1. The van der Waals surface area contributed by atoms with Gasteiger partial charge in [0, 0.05) is 0 Å². The van der Waals surface area contributed by atoms with Gasteiger partial charge in [-0.05, 0) is 13.8 Å². The molecule has 0 aromatic rings. The number of aliphatic hydroxyl groups is 1. The van der Waals surface area contributed by atoms with E-state index in [0.29, 0.717) is 0 Å². The maximum atomic E-state index is 10.5. The topological polar surface area (TPSA) is 37.3 Å².